The number of nitrogens with zero attached hydrogens (tertiary/aromatic N) is 3. The number of hydrogen-bond donors (Lipinski definition) is 2. The van der Waals surface area contributed by atoms with Crippen molar-refractivity contribution in [2.45, 2.75) is 19.0 Å². The predicted octanol–water partition coefficient (Wildman–Crippen LogP) is 1.74. The third kappa shape index (κ3) is 1.79. The SMILES string of the molecule is c1ccc2c(c1)CNC(c1nc3ncncc3[nH]1)C2. The lowest BCUT2D eigenvalue weighted by atomic mass is 9.96. The topological polar surface area (TPSA) is 66.5 Å². The Morgan fingerprint density at radius 3 is 2.95 bits per heavy atom. The van der Waals surface area contributed by atoms with Crippen LogP contribution in [-0.2, 0) is 13.0 Å². The molecule has 5 nitrogen and oxygen atoms in total. The van der Waals surface area contributed by atoms with Gasteiger partial charge in [0.25, 0.3) is 0 Å². The van der Waals surface area contributed by atoms with E-state index in [1.165, 1.54) is 17.5 Å². The van der Waals surface area contributed by atoms with E-state index in [1.54, 1.807) is 6.20 Å². The summed E-state index contributed by atoms with van der Waals surface area (Å²) in [4.78, 5) is 16.0. The molecule has 1 aliphatic heterocycles. The van der Waals surface area contributed by atoms with Crippen LogP contribution in [0.25, 0.3) is 11.2 Å². The summed E-state index contributed by atoms with van der Waals surface area (Å²) < 4.78 is 0. The highest BCUT2D eigenvalue weighted by Crippen LogP contribution is 2.24. The Hall–Kier alpha value is -2.27. The van der Waals surface area contributed by atoms with Crippen LogP contribution < -0.4 is 5.32 Å². The average molecular weight is 251 g/mol. The number of benzene rings is 1. The minimum absolute atomic E-state index is 0.212. The molecule has 0 fully saturated rings. The number of imidazole rings is 1. The van der Waals surface area contributed by atoms with Crippen molar-refractivity contribution in [2.75, 3.05) is 0 Å². The molecule has 0 radical (unpaired) electrons. The fourth-order valence-electron chi connectivity index (χ4n) is 2.59. The summed E-state index contributed by atoms with van der Waals surface area (Å²) in [5.74, 6) is 0.935. The lowest BCUT2D eigenvalue weighted by Gasteiger charge is -2.24. The van der Waals surface area contributed by atoms with Crippen LogP contribution in [0.4, 0.5) is 0 Å². The molecular formula is C14H13N5. The third-order valence-corrected chi connectivity index (χ3v) is 3.59. The fraction of sp³-hybridized carbons (Fsp3) is 0.214. The molecule has 3 heterocycles. The number of aromatic amines is 1. The molecule has 0 bridgehead atoms. The molecule has 2 aromatic heterocycles. The van der Waals surface area contributed by atoms with Crippen LogP contribution in [0, 0.1) is 0 Å². The number of nitrogens with one attached hydrogen (secondary N) is 2. The van der Waals surface area contributed by atoms with Gasteiger partial charge in [-0.2, -0.15) is 0 Å². The van der Waals surface area contributed by atoms with Crippen molar-refractivity contribution in [3.05, 3.63) is 53.7 Å². The Morgan fingerprint density at radius 2 is 2.05 bits per heavy atom. The van der Waals surface area contributed by atoms with Crippen molar-refractivity contribution >= 4 is 11.2 Å². The lowest BCUT2D eigenvalue weighted by Crippen LogP contribution is -2.29. The van der Waals surface area contributed by atoms with Crippen LogP contribution in [0.3, 0.4) is 0 Å². The number of fused-ring (bicyclic) bond motifs is 2. The van der Waals surface area contributed by atoms with Crippen molar-refractivity contribution in [2.24, 2.45) is 0 Å². The van der Waals surface area contributed by atoms with E-state index in [0.29, 0.717) is 0 Å². The molecule has 94 valence electrons. The van der Waals surface area contributed by atoms with Gasteiger partial charge in [0.2, 0.25) is 0 Å². The van der Waals surface area contributed by atoms with Crippen molar-refractivity contribution in [1.29, 1.82) is 0 Å². The lowest BCUT2D eigenvalue weighted by molar-refractivity contribution is 0.481. The summed E-state index contributed by atoms with van der Waals surface area (Å²) in [5.41, 5.74) is 4.37. The maximum atomic E-state index is 4.54. The molecule has 1 unspecified atom stereocenters. The van der Waals surface area contributed by atoms with Gasteiger partial charge < -0.3 is 10.3 Å². The smallest absolute Gasteiger partial charge is 0.180 e. The summed E-state index contributed by atoms with van der Waals surface area (Å²) in [6.07, 6.45) is 4.23. The van der Waals surface area contributed by atoms with Crippen molar-refractivity contribution in [3.63, 3.8) is 0 Å². The molecule has 0 amide bonds. The Balaban J connectivity index is 1.70. The highest BCUT2D eigenvalue weighted by molar-refractivity contribution is 5.68. The van der Waals surface area contributed by atoms with E-state index in [2.05, 4.69) is 49.5 Å². The van der Waals surface area contributed by atoms with Crippen molar-refractivity contribution < 1.29 is 0 Å². The van der Waals surface area contributed by atoms with Gasteiger partial charge in [0.1, 0.15) is 17.7 Å². The van der Waals surface area contributed by atoms with E-state index in [-0.39, 0.29) is 6.04 Å². The highest BCUT2D eigenvalue weighted by atomic mass is 15.1. The molecule has 0 spiro atoms. The summed E-state index contributed by atoms with van der Waals surface area (Å²) >= 11 is 0. The molecule has 0 saturated carbocycles. The number of rotatable bonds is 1. The highest BCUT2D eigenvalue weighted by Gasteiger charge is 2.21. The standard InChI is InChI=1S/C14H13N5/c1-2-4-10-6-16-11(5-9(10)3-1)14-18-12-7-15-8-17-13(12)19-14/h1-4,7-8,11,16H,5-6H2,(H,15,17,18,19). The zero-order chi connectivity index (χ0) is 12.7. The zero-order valence-corrected chi connectivity index (χ0v) is 10.3. The summed E-state index contributed by atoms with van der Waals surface area (Å²) in [5, 5.41) is 3.51. The first-order valence-electron chi connectivity index (χ1n) is 6.36. The van der Waals surface area contributed by atoms with E-state index >= 15 is 0 Å². The van der Waals surface area contributed by atoms with Gasteiger partial charge in [-0.25, -0.2) is 15.0 Å². The Labute approximate surface area is 110 Å². The number of hydrogen-bond acceptors (Lipinski definition) is 4. The Morgan fingerprint density at radius 1 is 1.16 bits per heavy atom. The second-order valence-electron chi connectivity index (χ2n) is 4.79. The van der Waals surface area contributed by atoms with E-state index in [1.807, 2.05) is 0 Å². The minimum atomic E-state index is 0.212. The Bertz CT molecular complexity index is 700. The third-order valence-electron chi connectivity index (χ3n) is 3.59. The number of aromatic nitrogens is 4. The molecular weight excluding hydrogens is 238 g/mol. The largest absolute Gasteiger partial charge is 0.338 e. The van der Waals surface area contributed by atoms with Crippen LogP contribution in [-0.4, -0.2) is 19.9 Å². The summed E-state index contributed by atoms with van der Waals surface area (Å²) in [6, 6.07) is 8.74. The molecule has 1 aliphatic rings. The van der Waals surface area contributed by atoms with Gasteiger partial charge in [-0.3, -0.25) is 0 Å². The van der Waals surface area contributed by atoms with Gasteiger partial charge in [0.15, 0.2) is 5.65 Å². The molecule has 19 heavy (non-hydrogen) atoms. The van der Waals surface area contributed by atoms with E-state index in [9.17, 15) is 0 Å². The first-order valence-corrected chi connectivity index (χ1v) is 6.36. The maximum absolute atomic E-state index is 4.54. The second-order valence-corrected chi connectivity index (χ2v) is 4.79. The molecule has 0 saturated heterocycles. The van der Waals surface area contributed by atoms with E-state index in [4.69, 9.17) is 0 Å². The zero-order valence-electron chi connectivity index (χ0n) is 10.3. The minimum Gasteiger partial charge on any atom is -0.338 e. The van der Waals surface area contributed by atoms with Gasteiger partial charge in [-0.05, 0) is 17.5 Å². The van der Waals surface area contributed by atoms with Gasteiger partial charge in [-0.15, -0.1) is 0 Å². The fourth-order valence-corrected chi connectivity index (χ4v) is 2.59. The van der Waals surface area contributed by atoms with Crippen LogP contribution in [0.1, 0.15) is 23.0 Å². The van der Waals surface area contributed by atoms with Crippen molar-refractivity contribution in [3.8, 4) is 0 Å². The normalized spacial score (nSPS) is 18.4. The predicted molar refractivity (Wildman–Crippen MR) is 71.4 cm³/mol. The van der Waals surface area contributed by atoms with Gasteiger partial charge >= 0.3 is 0 Å². The van der Waals surface area contributed by atoms with Crippen LogP contribution in [0.15, 0.2) is 36.8 Å². The van der Waals surface area contributed by atoms with Crippen LogP contribution in [0.2, 0.25) is 0 Å². The number of H-pyrrole nitrogens is 1. The van der Waals surface area contributed by atoms with Crippen molar-refractivity contribution in [1.82, 2.24) is 25.3 Å². The van der Waals surface area contributed by atoms with Crippen LogP contribution >= 0.6 is 0 Å². The average Bonchev–Trinajstić information content (AvgIpc) is 2.90. The molecule has 5 heteroatoms. The van der Waals surface area contributed by atoms with Gasteiger partial charge in [0, 0.05) is 6.54 Å². The maximum Gasteiger partial charge on any atom is 0.180 e. The van der Waals surface area contributed by atoms with E-state index < -0.39 is 0 Å². The van der Waals surface area contributed by atoms with Gasteiger partial charge in [-0.1, -0.05) is 24.3 Å². The summed E-state index contributed by atoms with van der Waals surface area (Å²) in [6.45, 7) is 0.879. The van der Waals surface area contributed by atoms with E-state index in [0.717, 1.165) is 30.0 Å². The van der Waals surface area contributed by atoms with Crippen LogP contribution in [0.5, 0.6) is 0 Å². The van der Waals surface area contributed by atoms with Gasteiger partial charge in [0.05, 0.1) is 12.2 Å². The molecule has 1 atom stereocenters. The second kappa shape index (κ2) is 4.13. The molecule has 2 N–H and O–H groups in total. The molecule has 3 aromatic rings. The first-order chi connectivity index (χ1) is 9.40. The quantitative estimate of drug-likeness (QED) is 0.691. The molecule has 0 aliphatic carbocycles. The Kier molecular flexibility index (Phi) is 2.31. The summed E-state index contributed by atoms with van der Waals surface area (Å²) in [7, 11) is 0. The molecule has 1 aromatic carbocycles. The first kappa shape index (κ1) is 10.6. The molecule has 4 rings (SSSR count). The monoisotopic (exact) mass is 251 g/mol.